The topological polar surface area (TPSA) is 76.1 Å². The first kappa shape index (κ1) is 21.0. The molecule has 9 heteroatoms. The molecule has 0 saturated heterocycles. The zero-order valence-electron chi connectivity index (χ0n) is 17.5. The van der Waals surface area contributed by atoms with Crippen LogP contribution in [0.25, 0.3) is 11.1 Å². The smallest absolute Gasteiger partial charge is 0.387 e. The van der Waals surface area contributed by atoms with Gasteiger partial charge in [0.05, 0.1) is 0 Å². The van der Waals surface area contributed by atoms with Crippen LogP contribution in [0.1, 0.15) is 17.5 Å². The Bertz CT molecular complexity index is 1240. The monoisotopic (exact) mass is 451 g/mol. The summed E-state index contributed by atoms with van der Waals surface area (Å²) in [5.41, 5.74) is 7.58. The van der Waals surface area contributed by atoms with Crippen molar-refractivity contribution in [2.75, 3.05) is 13.1 Å². The molecule has 168 valence electrons. The number of pyridine rings is 1. The first-order valence-corrected chi connectivity index (χ1v) is 10.4. The Morgan fingerprint density at radius 2 is 1.85 bits per heavy atom. The number of halogens is 3. The van der Waals surface area contributed by atoms with E-state index < -0.39 is 18.1 Å². The van der Waals surface area contributed by atoms with E-state index >= 15 is 0 Å². The van der Waals surface area contributed by atoms with Crippen molar-refractivity contribution in [3.8, 4) is 16.9 Å². The molecule has 2 aliphatic rings. The van der Waals surface area contributed by atoms with Crippen molar-refractivity contribution in [2.24, 2.45) is 15.7 Å². The Morgan fingerprint density at radius 3 is 2.61 bits per heavy atom. The highest BCUT2D eigenvalue weighted by Crippen LogP contribution is 2.43. The van der Waals surface area contributed by atoms with Crippen LogP contribution in [0.3, 0.4) is 0 Å². The lowest BCUT2D eigenvalue weighted by Gasteiger charge is -2.33. The molecule has 6 nitrogen and oxygen atoms in total. The molecule has 0 saturated carbocycles. The van der Waals surface area contributed by atoms with Crippen molar-refractivity contribution in [3.05, 3.63) is 83.9 Å². The molecule has 0 amide bonds. The van der Waals surface area contributed by atoms with E-state index in [-0.39, 0.29) is 5.75 Å². The summed E-state index contributed by atoms with van der Waals surface area (Å²) in [6.45, 7) is -1.64. The van der Waals surface area contributed by atoms with Crippen LogP contribution < -0.4 is 10.5 Å². The van der Waals surface area contributed by atoms with Crippen LogP contribution in [0.4, 0.5) is 13.2 Å². The number of hydrogen-bond acceptors (Lipinski definition) is 6. The van der Waals surface area contributed by atoms with Crippen molar-refractivity contribution in [1.82, 2.24) is 9.88 Å². The van der Waals surface area contributed by atoms with Crippen LogP contribution in [0, 0.1) is 5.95 Å². The number of rotatable bonds is 5. The van der Waals surface area contributed by atoms with E-state index in [1.54, 1.807) is 30.3 Å². The molecular weight excluding hydrogens is 431 g/mol. The Kier molecular flexibility index (Phi) is 5.24. The van der Waals surface area contributed by atoms with Gasteiger partial charge in [-0.15, -0.1) is 0 Å². The van der Waals surface area contributed by atoms with Crippen molar-refractivity contribution >= 4 is 11.8 Å². The van der Waals surface area contributed by atoms with Crippen LogP contribution in [0.2, 0.25) is 0 Å². The third-order valence-corrected chi connectivity index (χ3v) is 5.79. The minimum Gasteiger partial charge on any atom is -0.435 e. The summed E-state index contributed by atoms with van der Waals surface area (Å²) >= 11 is 0. The summed E-state index contributed by atoms with van der Waals surface area (Å²) in [5, 5.41) is 0. The second-order valence-corrected chi connectivity index (χ2v) is 7.72. The SMILES string of the molecule is NC1=N[C@](c2ccc(OC(F)F)cc2)(c2cccc(-c3cccnc3F)c2)C2=NCCCN12. The number of ether oxygens (including phenoxy) is 1. The quantitative estimate of drug-likeness (QED) is 0.591. The first-order chi connectivity index (χ1) is 16.0. The number of guanidine groups is 1. The number of alkyl halides is 2. The van der Waals surface area contributed by atoms with Crippen molar-refractivity contribution in [2.45, 2.75) is 18.6 Å². The third-order valence-electron chi connectivity index (χ3n) is 5.79. The summed E-state index contributed by atoms with van der Waals surface area (Å²) in [6.07, 6.45) is 2.22. The molecule has 0 bridgehead atoms. The lowest BCUT2D eigenvalue weighted by Crippen LogP contribution is -2.46. The maximum atomic E-state index is 14.4. The number of nitrogens with zero attached hydrogens (tertiary/aromatic N) is 4. The highest BCUT2D eigenvalue weighted by Gasteiger charge is 2.49. The van der Waals surface area contributed by atoms with Gasteiger partial charge in [0.15, 0.2) is 11.5 Å². The van der Waals surface area contributed by atoms with Gasteiger partial charge in [-0.2, -0.15) is 13.2 Å². The van der Waals surface area contributed by atoms with Crippen LogP contribution in [-0.4, -0.2) is 41.4 Å². The number of nitrogens with two attached hydrogens (primary N) is 1. The third kappa shape index (κ3) is 3.59. The number of aliphatic imine (C=N–C) groups is 2. The van der Waals surface area contributed by atoms with Gasteiger partial charge < -0.3 is 10.5 Å². The normalized spacial score (nSPS) is 19.8. The minimum atomic E-state index is -2.92. The molecule has 0 fully saturated rings. The van der Waals surface area contributed by atoms with E-state index in [1.165, 1.54) is 18.3 Å². The zero-order valence-corrected chi connectivity index (χ0v) is 17.5. The molecule has 1 atom stereocenters. The second-order valence-electron chi connectivity index (χ2n) is 7.72. The molecule has 5 rings (SSSR count). The number of amidine groups is 1. The predicted octanol–water partition coefficient (Wildman–Crippen LogP) is 4.17. The van der Waals surface area contributed by atoms with Crippen LogP contribution in [-0.2, 0) is 5.54 Å². The molecule has 0 spiro atoms. The van der Waals surface area contributed by atoms with Gasteiger partial charge in [-0.25, -0.2) is 9.98 Å². The number of fused-ring (bicyclic) bond motifs is 1. The lowest BCUT2D eigenvalue weighted by molar-refractivity contribution is -0.0498. The van der Waals surface area contributed by atoms with Gasteiger partial charge in [-0.1, -0.05) is 30.3 Å². The standard InChI is InChI=1S/C24H20F3N5O/c25-20-19(6-2-11-29-20)15-4-1-5-17(14-15)24(16-7-9-18(10-8-16)33-22(26)27)21-30-12-3-13-32(21)23(28)31-24/h1-2,4-11,14,22H,3,12-13H2,(H2,28,31)/t24-/m1/s1. The summed E-state index contributed by atoms with van der Waals surface area (Å²) in [4.78, 5) is 15.2. The highest BCUT2D eigenvalue weighted by atomic mass is 19.3. The molecule has 2 aliphatic heterocycles. The van der Waals surface area contributed by atoms with Crippen molar-refractivity contribution in [1.29, 1.82) is 0 Å². The fraction of sp³-hybridized carbons (Fsp3) is 0.208. The van der Waals surface area contributed by atoms with E-state index in [4.69, 9.17) is 15.7 Å². The van der Waals surface area contributed by atoms with Gasteiger partial charge in [0.1, 0.15) is 11.6 Å². The Morgan fingerprint density at radius 1 is 1.03 bits per heavy atom. The molecule has 3 heterocycles. The van der Waals surface area contributed by atoms with E-state index in [9.17, 15) is 13.2 Å². The molecule has 0 aliphatic carbocycles. The summed E-state index contributed by atoms with van der Waals surface area (Å²) in [5.74, 6) is 0.424. The van der Waals surface area contributed by atoms with Crippen LogP contribution >= 0.6 is 0 Å². The fourth-order valence-electron chi connectivity index (χ4n) is 4.36. The van der Waals surface area contributed by atoms with Gasteiger partial charge in [0.2, 0.25) is 5.95 Å². The average molecular weight is 451 g/mol. The Balaban J connectivity index is 1.69. The molecular formula is C24H20F3N5O. The van der Waals surface area contributed by atoms with E-state index in [0.717, 1.165) is 12.0 Å². The lowest BCUT2D eigenvalue weighted by atomic mass is 9.81. The Labute approximate surface area is 188 Å². The number of hydrogen-bond donors (Lipinski definition) is 1. The maximum Gasteiger partial charge on any atom is 0.387 e. The second kappa shape index (κ2) is 8.23. The minimum absolute atomic E-state index is 0.0347. The van der Waals surface area contributed by atoms with Gasteiger partial charge in [-0.3, -0.25) is 9.89 Å². The molecule has 1 aromatic heterocycles. The summed E-state index contributed by atoms with van der Waals surface area (Å²) in [6, 6.07) is 16.9. The fourth-order valence-corrected chi connectivity index (χ4v) is 4.36. The highest BCUT2D eigenvalue weighted by molar-refractivity contribution is 6.12. The molecule has 2 aromatic carbocycles. The van der Waals surface area contributed by atoms with E-state index in [1.807, 2.05) is 23.1 Å². The van der Waals surface area contributed by atoms with Crippen molar-refractivity contribution in [3.63, 3.8) is 0 Å². The summed E-state index contributed by atoms with van der Waals surface area (Å²) < 4.78 is 44.2. The Hall–Kier alpha value is -3.88. The largest absolute Gasteiger partial charge is 0.435 e. The maximum absolute atomic E-state index is 14.4. The van der Waals surface area contributed by atoms with Crippen LogP contribution in [0.5, 0.6) is 5.75 Å². The summed E-state index contributed by atoms with van der Waals surface area (Å²) in [7, 11) is 0. The molecule has 2 N–H and O–H groups in total. The molecule has 3 aromatic rings. The predicted molar refractivity (Wildman–Crippen MR) is 119 cm³/mol. The van der Waals surface area contributed by atoms with Crippen molar-refractivity contribution < 1.29 is 17.9 Å². The number of benzene rings is 2. The van der Waals surface area contributed by atoms with Gasteiger partial charge >= 0.3 is 6.61 Å². The zero-order chi connectivity index (χ0) is 23.0. The average Bonchev–Trinajstić information content (AvgIpc) is 3.13. The van der Waals surface area contributed by atoms with Gasteiger partial charge in [0, 0.05) is 24.8 Å². The van der Waals surface area contributed by atoms with Gasteiger partial charge in [-0.05, 0) is 53.4 Å². The molecule has 0 unspecified atom stereocenters. The molecule has 33 heavy (non-hydrogen) atoms. The van der Waals surface area contributed by atoms with Crippen LogP contribution in [0.15, 0.2) is 76.8 Å². The van der Waals surface area contributed by atoms with Gasteiger partial charge in [0.25, 0.3) is 0 Å². The number of aromatic nitrogens is 1. The van der Waals surface area contributed by atoms with E-state index in [0.29, 0.717) is 41.6 Å². The first-order valence-electron chi connectivity index (χ1n) is 10.4. The molecule has 0 radical (unpaired) electrons. The van der Waals surface area contributed by atoms with E-state index in [2.05, 4.69) is 9.72 Å².